The van der Waals surface area contributed by atoms with E-state index in [1.54, 1.807) is 18.3 Å². The van der Waals surface area contributed by atoms with Crippen LogP contribution >= 0.6 is 0 Å². The van der Waals surface area contributed by atoms with Gasteiger partial charge in [-0.3, -0.25) is 4.79 Å². The van der Waals surface area contributed by atoms with E-state index >= 15 is 0 Å². The second-order valence-corrected chi connectivity index (χ2v) is 8.56. The number of amides is 1. The molecular weight excluding hydrogens is 471 g/mol. The van der Waals surface area contributed by atoms with Crippen LogP contribution in [0.1, 0.15) is 34.8 Å². The number of nitrogens with zero attached hydrogens (tertiary/aromatic N) is 2. The highest BCUT2D eigenvalue weighted by Crippen LogP contribution is 2.35. The number of halogens is 3. The second kappa shape index (κ2) is 11.0. The first kappa shape index (κ1) is 25.5. The van der Waals surface area contributed by atoms with E-state index in [0.717, 1.165) is 54.0 Å². The predicted molar refractivity (Wildman–Crippen MR) is 133 cm³/mol. The zero-order chi connectivity index (χ0) is 25.7. The van der Waals surface area contributed by atoms with Crippen LogP contribution in [0.15, 0.2) is 54.7 Å². The van der Waals surface area contributed by atoms with Crippen molar-refractivity contribution in [3.05, 3.63) is 71.4 Å². The van der Waals surface area contributed by atoms with Crippen LogP contribution in [0.4, 0.5) is 24.5 Å². The Balaban J connectivity index is 1.62. The number of hydrogen-bond donors (Lipinski definition) is 1. The van der Waals surface area contributed by atoms with Crippen LogP contribution in [-0.4, -0.2) is 43.8 Å². The summed E-state index contributed by atoms with van der Waals surface area (Å²) in [4.78, 5) is 19.5. The lowest BCUT2D eigenvalue weighted by atomic mass is 10.0. The first-order valence-electron chi connectivity index (χ1n) is 11.8. The molecule has 0 bridgehead atoms. The van der Waals surface area contributed by atoms with Crippen LogP contribution in [0.5, 0.6) is 5.88 Å². The molecule has 36 heavy (non-hydrogen) atoms. The van der Waals surface area contributed by atoms with Crippen LogP contribution in [0.3, 0.4) is 0 Å². The number of aromatic nitrogens is 1. The van der Waals surface area contributed by atoms with E-state index < -0.39 is 17.6 Å². The van der Waals surface area contributed by atoms with Crippen molar-refractivity contribution in [1.82, 2.24) is 4.98 Å². The number of nitrogens with one attached hydrogen (secondary N) is 1. The minimum Gasteiger partial charge on any atom is -0.476 e. The zero-order valence-electron chi connectivity index (χ0n) is 20.2. The fourth-order valence-electron chi connectivity index (χ4n) is 3.98. The summed E-state index contributed by atoms with van der Waals surface area (Å²) in [6.45, 7) is 7.22. The highest BCUT2D eigenvalue weighted by atomic mass is 19.4. The summed E-state index contributed by atoms with van der Waals surface area (Å²) in [5.74, 6) is -0.0551. The monoisotopic (exact) mass is 499 g/mol. The molecule has 9 heteroatoms. The van der Waals surface area contributed by atoms with Crippen molar-refractivity contribution in [2.24, 2.45) is 0 Å². The number of benzene rings is 2. The molecule has 1 N–H and O–H groups in total. The first-order valence-corrected chi connectivity index (χ1v) is 11.8. The number of carbonyl (C=O) groups is 1. The number of alkyl halides is 3. The SMILES string of the molecule is CCCOc1ncc(-c2cc(NC(=O)c3cccc(C(F)(F)F)c3)ccc2C)cc1N1CCOCC1. The Hall–Kier alpha value is -3.59. The zero-order valence-corrected chi connectivity index (χ0v) is 20.2. The Morgan fingerprint density at radius 1 is 1.14 bits per heavy atom. The number of pyridine rings is 1. The second-order valence-electron chi connectivity index (χ2n) is 8.56. The average Bonchev–Trinajstić information content (AvgIpc) is 2.88. The third kappa shape index (κ3) is 5.96. The lowest BCUT2D eigenvalue weighted by Gasteiger charge is -2.30. The summed E-state index contributed by atoms with van der Waals surface area (Å²) < 4.78 is 50.5. The minimum atomic E-state index is -4.52. The molecule has 1 saturated heterocycles. The van der Waals surface area contributed by atoms with E-state index in [1.165, 1.54) is 12.1 Å². The van der Waals surface area contributed by atoms with Crippen molar-refractivity contribution in [3.63, 3.8) is 0 Å². The van der Waals surface area contributed by atoms with E-state index in [0.29, 0.717) is 31.4 Å². The van der Waals surface area contributed by atoms with Crippen LogP contribution in [0.25, 0.3) is 11.1 Å². The van der Waals surface area contributed by atoms with Crippen molar-refractivity contribution < 1.29 is 27.4 Å². The molecule has 0 saturated carbocycles. The summed E-state index contributed by atoms with van der Waals surface area (Å²) in [7, 11) is 0. The molecule has 0 aliphatic carbocycles. The van der Waals surface area contributed by atoms with E-state index in [-0.39, 0.29) is 5.56 Å². The van der Waals surface area contributed by atoms with Crippen molar-refractivity contribution in [2.75, 3.05) is 43.1 Å². The third-order valence-electron chi connectivity index (χ3n) is 5.89. The number of anilines is 2. The summed E-state index contributed by atoms with van der Waals surface area (Å²) in [5.41, 5.74) is 3.06. The molecule has 2 heterocycles. The fraction of sp³-hybridized carbons (Fsp3) is 0.333. The Morgan fingerprint density at radius 2 is 1.92 bits per heavy atom. The quantitative estimate of drug-likeness (QED) is 0.435. The number of rotatable bonds is 7. The molecule has 1 amide bonds. The number of ether oxygens (including phenoxy) is 2. The molecule has 1 aliphatic rings. The lowest BCUT2D eigenvalue weighted by molar-refractivity contribution is -0.137. The van der Waals surface area contributed by atoms with Gasteiger partial charge in [0.15, 0.2) is 0 Å². The van der Waals surface area contributed by atoms with Crippen molar-refractivity contribution in [2.45, 2.75) is 26.4 Å². The minimum absolute atomic E-state index is 0.0688. The van der Waals surface area contributed by atoms with Gasteiger partial charge in [0, 0.05) is 36.1 Å². The van der Waals surface area contributed by atoms with Crippen LogP contribution in [0, 0.1) is 6.92 Å². The third-order valence-corrected chi connectivity index (χ3v) is 5.89. The molecular formula is C27H28F3N3O3. The topological polar surface area (TPSA) is 63.7 Å². The highest BCUT2D eigenvalue weighted by molar-refractivity contribution is 6.04. The first-order chi connectivity index (χ1) is 17.3. The van der Waals surface area contributed by atoms with Gasteiger partial charge in [-0.15, -0.1) is 0 Å². The van der Waals surface area contributed by atoms with Gasteiger partial charge in [-0.05, 0) is 60.9 Å². The normalized spacial score (nSPS) is 14.0. The van der Waals surface area contributed by atoms with Gasteiger partial charge in [0.05, 0.1) is 25.4 Å². The maximum atomic E-state index is 13.1. The molecule has 1 aliphatic heterocycles. The lowest BCUT2D eigenvalue weighted by Crippen LogP contribution is -2.36. The van der Waals surface area contributed by atoms with Gasteiger partial charge in [0.2, 0.25) is 5.88 Å². The van der Waals surface area contributed by atoms with Crippen molar-refractivity contribution in [3.8, 4) is 17.0 Å². The molecule has 6 nitrogen and oxygen atoms in total. The molecule has 0 atom stereocenters. The van der Waals surface area contributed by atoms with Gasteiger partial charge in [-0.2, -0.15) is 13.2 Å². The van der Waals surface area contributed by atoms with Gasteiger partial charge in [-0.1, -0.05) is 19.1 Å². The van der Waals surface area contributed by atoms with Gasteiger partial charge in [-0.25, -0.2) is 4.98 Å². The van der Waals surface area contributed by atoms with Crippen LogP contribution < -0.4 is 15.0 Å². The van der Waals surface area contributed by atoms with Crippen LogP contribution in [-0.2, 0) is 10.9 Å². The van der Waals surface area contributed by atoms with Crippen molar-refractivity contribution in [1.29, 1.82) is 0 Å². The Bertz CT molecular complexity index is 1220. The Labute approximate surface area is 208 Å². The molecule has 190 valence electrons. The number of hydrogen-bond acceptors (Lipinski definition) is 5. The summed E-state index contributed by atoms with van der Waals surface area (Å²) in [6.07, 6.45) is -1.93. The predicted octanol–water partition coefficient (Wildman–Crippen LogP) is 5.95. The van der Waals surface area contributed by atoms with Gasteiger partial charge < -0.3 is 19.7 Å². The maximum Gasteiger partial charge on any atom is 0.416 e. The highest BCUT2D eigenvalue weighted by Gasteiger charge is 2.31. The molecule has 4 rings (SSSR count). The Morgan fingerprint density at radius 3 is 2.64 bits per heavy atom. The average molecular weight is 500 g/mol. The maximum absolute atomic E-state index is 13.1. The van der Waals surface area contributed by atoms with E-state index in [9.17, 15) is 18.0 Å². The molecule has 2 aromatic carbocycles. The fourth-order valence-corrected chi connectivity index (χ4v) is 3.98. The van der Waals surface area contributed by atoms with Gasteiger partial charge >= 0.3 is 6.18 Å². The molecule has 0 unspecified atom stereocenters. The van der Waals surface area contributed by atoms with Gasteiger partial charge in [0.25, 0.3) is 5.91 Å². The summed E-state index contributed by atoms with van der Waals surface area (Å²) >= 11 is 0. The standard InChI is InChI=1S/C27H28F3N3O3/c1-3-11-36-26-24(33-9-12-35-13-10-33)15-20(17-31-26)23-16-22(8-7-18(23)2)32-25(34)19-5-4-6-21(14-19)27(28,29)30/h4-8,14-17H,3,9-13H2,1-2H3,(H,32,34). The largest absolute Gasteiger partial charge is 0.476 e. The number of morpholine rings is 1. The van der Waals surface area contributed by atoms with E-state index in [1.807, 2.05) is 26.0 Å². The van der Waals surface area contributed by atoms with Crippen molar-refractivity contribution >= 4 is 17.3 Å². The molecule has 1 aromatic heterocycles. The summed E-state index contributed by atoms with van der Waals surface area (Å²) in [6, 6.07) is 11.8. The van der Waals surface area contributed by atoms with E-state index in [2.05, 4.69) is 15.2 Å². The van der Waals surface area contributed by atoms with E-state index in [4.69, 9.17) is 9.47 Å². The molecule has 0 spiro atoms. The molecule has 0 radical (unpaired) electrons. The Kier molecular flexibility index (Phi) is 7.79. The van der Waals surface area contributed by atoms with Gasteiger partial charge in [0.1, 0.15) is 5.69 Å². The summed E-state index contributed by atoms with van der Waals surface area (Å²) in [5, 5.41) is 2.71. The number of aryl methyl sites for hydroxylation is 1. The number of carbonyl (C=O) groups excluding carboxylic acids is 1. The van der Waals surface area contributed by atoms with Crippen LogP contribution in [0.2, 0.25) is 0 Å². The smallest absolute Gasteiger partial charge is 0.416 e. The molecule has 3 aromatic rings. The molecule has 1 fully saturated rings.